The van der Waals surface area contributed by atoms with Gasteiger partial charge in [0.1, 0.15) is 0 Å². The van der Waals surface area contributed by atoms with Gasteiger partial charge in [0.25, 0.3) is 0 Å². The van der Waals surface area contributed by atoms with Gasteiger partial charge < -0.3 is 9.47 Å². The maximum absolute atomic E-state index is 11.6. The first-order valence-electron chi connectivity index (χ1n) is 7.96. The number of thiophene rings is 1. The van der Waals surface area contributed by atoms with E-state index in [1.54, 1.807) is 31.8 Å². The molecule has 0 aliphatic carbocycles. The number of nitrogens with zero attached hydrogens (tertiary/aromatic N) is 1. The first kappa shape index (κ1) is 17.5. The van der Waals surface area contributed by atoms with E-state index in [2.05, 4.69) is 34.5 Å². The number of ether oxygens (including phenoxy) is 2. The van der Waals surface area contributed by atoms with Gasteiger partial charge in [0, 0.05) is 40.8 Å². The van der Waals surface area contributed by atoms with Crippen LogP contribution in [-0.2, 0) is 17.2 Å². The summed E-state index contributed by atoms with van der Waals surface area (Å²) < 4.78 is 22.5. The predicted molar refractivity (Wildman–Crippen MR) is 99.9 cm³/mol. The van der Waals surface area contributed by atoms with Crippen LogP contribution in [0.3, 0.4) is 0 Å². The second-order valence-corrected chi connectivity index (χ2v) is 8.42. The van der Waals surface area contributed by atoms with Crippen LogP contribution in [0.4, 0.5) is 0 Å². The van der Waals surface area contributed by atoms with E-state index in [0.29, 0.717) is 5.75 Å². The monoisotopic (exact) mass is 365 g/mol. The molecule has 6 heteroatoms. The fourth-order valence-electron chi connectivity index (χ4n) is 3.26. The maximum Gasteiger partial charge on any atom is 0.161 e. The summed E-state index contributed by atoms with van der Waals surface area (Å²) in [4.78, 5) is 3.74. The van der Waals surface area contributed by atoms with Crippen molar-refractivity contribution < 1.29 is 13.7 Å². The summed E-state index contributed by atoms with van der Waals surface area (Å²) in [6.07, 6.45) is 2.74. The molecule has 0 N–H and O–H groups in total. The third kappa shape index (κ3) is 3.50. The van der Waals surface area contributed by atoms with E-state index in [4.69, 9.17) is 9.47 Å². The highest BCUT2D eigenvalue weighted by Crippen LogP contribution is 2.41. The van der Waals surface area contributed by atoms with E-state index in [1.165, 1.54) is 16.0 Å². The highest BCUT2D eigenvalue weighted by molar-refractivity contribution is 7.84. The molecule has 1 aliphatic heterocycles. The molecule has 1 aliphatic rings. The molecule has 4 nitrogen and oxygen atoms in total. The molecular formula is C18H23NO3S2. The number of rotatable bonds is 6. The Morgan fingerprint density at radius 2 is 2.04 bits per heavy atom. The van der Waals surface area contributed by atoms with Gasteiger partial charge in [-0.1, -0.05) is 6.07 Å². The lowest BCUT2D eigenvalue weighted by Gasteiger charge is -2.37. The summed E-state index contributed by atoms with van der Waals surface area (Å²) in [5.74, 6) is 2.24. The van der Waals surface area contributed by atoms with Crippen molar-refractivity contribution in [2.24, 2.45) is 0 Å². The summed E-state index contributed by atoms with van der Waals surface area (Å²) in [6, 6.07) is 8.66. The van der Waals surface area contributed by atoms with Gasteiger partial charge in [0.15, 0.2) is 11.5 Å². The van der Waals surface area contributed by atoms with Gasteiger partial charge in [-0.3, -0.25) is 9.11 Å². The van der Waals surface area contributed by atoms with Crippen LogP contribution in [0, 0.1) is 0 Å². The number of hydrogen-bond donors (Lipinski definition) is 0. The van der Waals surface area contributed by atoms with Crippen molar-refractivity contribution in [2.45, 2.75) is 12.5 Å². The van der Waals surface area contributed by atoms with Crippen LogP contribution < -0.4 is 9.47 Å². The number of fused-ring (bicyclic) bond motifs is 1. The lowest BCUT2D eigenvalue weighted by molar-refractivity contribution is 0.228. The number of methoxy groups -OCH3 is 2. The van der Waals surface area contributed by atoms with Crippen LogP contribution in [-0.4, -0.2) is 48.4 Å². The molecule has 0 saturated carbocycles. The van der Waals surface area contributed by atoms with Crippen molar-refractivity contribution in [2.75, 3.05) is 39.3 Å². The standard InChI is InChI=1S/C18H23NO3S2/c1-21-15-11-13-6-7-19(8-10-24(3)20)18(17-5-4-9-23-17)14(13)12-16(15)22-2/h4-5,9,11-12,18H,6-8,10H2,1-3H3/t18-,24+/m1/s1. The van der Waals surface area contributed by atoms with E-state index in [-0.39, 0.29) is 6.04 Å². The molecule has 0 radical (unpaired) electrons. The zero-order chi connectivity index (χ0) is 17.1. The number of hydrogen-bond acceptors (Lipinski definition) is 5. The molecule has 1 aromatic heterocycles. The third-order valence-electron chi connectivity index (χ3n) is 4.45. The fraction of sp³-hybridized carbons (Fsp3) is 0.444. The van der Waals surface area contributed by atoms with Gasteiger partial charge >= 0.3 is 0 Å². The van der Waals surface area contributed by atoms with Crippen LogP contribution in [0.15, 0.2) is 29.6 Å². The minimum Gasteiger partial charge on any atom is -0.493 e. The Morgan fingerprint density at radius 1 is 1.29 bits per heavy atom. The maximum atomic E-state index is 11.6. The largest absolute Gasteiger partial charge is 0.493 e. The van der Waals surface area contributed by atoms with E-state index in [0.717, 1.165) is 31.0 Å². The highest BCUT2D eigenvalue weighted by Gasteiger charge is 2.30. The van der Waals surface area contributed by atoms with Gasteiger partial charge in [-0.2, -0.15) is 0 Å². The molecule has 1 aromatic carbocycles. The summed E-state index contributed by atoms with van der Waals surface area (Å²) in [5.41, 5.74) is 2.57. The average Bonchev–Trinajstić information content (AvgIpc) is 3.12. The van der Waals surface area contributed by atoms with Crippen molar-refractivity contribution in [3.05, 3.63) is 45.6 Å². The highest BCUT2D eigenvalue weighted by atomic mass is 32.2. The van der Waals surface area contributed by atoms with Gasteiger partial charge in [-0.15, -0.1) is 11.3 Å². The molecule has 0 amide bonds. The first-order valence-corrected chi connectivity index (χ1v) is 10.6. The number of benzene rings is 1. The first-order chi connectivity index (χ1) is 11.6. The van der Waals surface area contributed by atoms with Gasteiger partial charge in [0.05, 0.1) is 20.3 Å². The summed E-state index contributed by atoms with van der Waals surface area (Å²) >= 11 is 1.76. The molecule has 2 aromatic rings. The molecule has 3 rings (SSSR count). The molecule has 0 fully saturated rings. The molecule has 2 atom stereocenters. The van der Waals surface area contributed by atoms with Gasteiger partial charge in [0.2, 0.25) is 0 Å². The molecule has 0 bridgehead atoms. The third-order valence-corrected chi connectivity index (χ3v) is 6.13. The van der Waals surface area contributed by atoms with Gasteiger partial charge in [-0.25, -0.2) is 0 Å². The SMILES string of the molecule is COc1cc2c(cc1OC)[C@H](c1cccs1)N(CC[S@](C)=O)CC2. The predicted octanol–water partition coefficient (Wildman–Crippen LogP) is 3.09. The van der Waals surface area contributed by atoms with Crippen LogP contribution >= 0.6 is 11.3 Å². The Labute approximate surface area is 149 Å². The van der Waals surface area contributed by atoms with Crippen LogP contribution in [0.1, 0.15) is 22.0 Å². The lowest BCUT2D eigenvalue weighted by atomic mass is 9.91. The summed E-state index contributed by atoms with van der Waals surface area (Å²) in [7, 11) is 2.56. The van der Waals surface area contributed by atoms with Gasteiger partial charge in [-0.05, 0) is 41.1 Å². The van der Waals surface area contributed by atoms with E-state index in [9.17, 15) is 4.21 Å². The molecule has 0 saturated heterocycles. The topological polar surface area (TPSA) is 38.8 Å². The second kappa shape index (κ2) is 7.68. The summed E-state index contributed by atoms with van der Waals surface area (Å²) in [6.45, 7) is 1.79. The molecule has 130 valence electrons. The Bertz CT molecular complexity index is 715. The van der Waals surface area contributed by atoms with Crippen LogP contribution in [0.25, 0.3) is 0 Å². The molecule has 2 heterocycles. The average molecular weight is 366 g/mol. The van der Waals surface area contributed by atoms with Crippen molar-refractivity contribution in [1.82, 2.24) is 4.90 Å². The zero-order valence-corrected chi connectivity index (χ0v) is 15.9. The van der Waals surface area contributed by atoms with E-state index in [1.807, 2.05) is 0 Å². The lowest BCUT2D eigenvalue weighted by Crippen LogP contribution is -2.38. The van der Waals surface area contributed by atoms with Crippen molar-refractivity contribution >= 4 is 22.1 Å². The minimum absolute atomic E-state index is 0.192. The molecule has 24 heavy (non-hydrogen) atoms. The Balaban J connectivity index is 2.03. The molecule has 0 spiro atoms. The van der Waals surface area contributed by atoms with Crippen molar-refractivity contribution in [1.29, 1.82) is 0 Å². The van der Waals surface area contributed by atoms with Crippen LogP contribution in [0.2, 0.25) is 0 Å². The van der Waals surface area contributed by atoms with E-state index < -0.39 is 10.8 Å². The Kier molecular flexibility index (Phi) is 5.58. The Hall–Kier alpha value is -1.37. The Morgan fingerprint density at radius 3 is 2.67 bits per heavy atom. The summed E-state index contributed by atoms with van der Waals surface area (Å²) in [5, 5.41) is 2.11. The quantitative estimate of drug-likeness (QED) is 0.789. The molecular weight excluding hydrogens is 342 g/mol. The zero-order valence-electron chi connectivity index (χ0n) is 14.3. The fourth-order valence-corrected chi connectivity index (χ4v) is 4.63. The second-order valence-electron chi connectivity index (χ2n) is 5.89. The molecule has 0 unspecified atom stereocenters. The van der Waals surface area contributed by atoms with Crippen molar-refractivity contribution in [3.8, 4) is 11.5 Å². The van der Waals surface area contributed by atoms with Crippen molar-refractivity contribution in [3.63, 3.8) is 0 Å². The minimum atomic E-state index is -0.781. The normalized spacial score (nSPS) is 18.9. The van der Waals surface area contributed by atoms with Crippen LogP contribution in [0.5, 0.6) is 11.5 Å². The van der Waals surface area contributed by atoms with E-state index >= 15 is 0 Å². The smallest absolute Gasteiger partial charge is 0.161 e.